The second-order valence-electron chi connectivity index (χ2n) is 4.69. The minimum atomic E-state index is 0.207. The summed E-state index contributed by atoms with van der Waals surface area (Å²) in [4.78, 5) is 15.1. The molecule has 1 fully saturated rings. The van der Waals surface area contributed by atoms with Gasteiger partial charge in [-0.15, -0.1) is 11.8 Å². The van der Waals surface area contributed by atoms with Gasteiger partial charge in [0.15, 0.2) is 0 Å². The molecule has 104 valence electrons. The predicted molar refractivity (Wildman–Crippen MR) is 78.7 cm³/mol. The Balaban J connectivity index is 1.77. The van der Waals surface area contributed by atoms with Gasteiger partial charge in [0.05, 0.1) is 12.4 Å². The minimum Gasteiger partial charge on any atom is -0.384 e. The number of carbonyl (C=O) groups is 1. The Kier molecular flexibility index (Phi) is 5.55. The monoisotopic (exact) mass is 299 g/mol. The zero-order chi connectivity index (χ0) is 13.7. The van der Waals surface area contributed by atoms with E-state index in [-0.39, 0.29) is 5.91 Å². The molecule has 1 aliphatic rings. The number of nitrogens with zero attached hydrogens (tertiary/aromatic N) is 1. The number of amides is 1. The molecular weight excluding hydrogens is 282 g/mol. The number of benzene rings is 1. The molecule has 1 aromatic rings. The normalized spacial score (nSPS) is 18.8. The smallest absolute Gasteiger partial charge is 0.232 e. The molecule has 0 radical (unpaired) electrons. The number of ether oxygens (including phenoxy) is 1. The molecule has 0 aromatic heterocycles. The molecule has 5 heteroatoms. The molecule has 2 rings (SSSR count). The highest BCUT2D eigenvalue weighted by Crippen LogP contribution is 2.22. The standard InChI is InChI=1S/C14H18ClNO2S/c1-18-9-11-6-7-16(8-11)14(17)10-19-13-4-2-12(15)3-5-13/h2-5,11H,6-10H2,1H3/t11-/m1/s1. The molecule has 1 aromatic carbocycles. The molecule has 3 nitrogen and oxygen atoms in total. The van der Waals surface area contributed by atoms with Gasteiger partial charge in [0.2, 0.25) is 5.91 Å². The van der Waals surface area contributed by atoms with Gasteiger partial charge in [-0.1, -0.05) is 11.6 Å². The lowest BCUT2D eigenvalue weighted by Crippen LogP contribution is -2.30. The summed E-state index contributed by atoms with van der Waals surface area (Å²) in [5.41, 5.74) is 0. The first-order valence-corrected chi connectivity index (χ1v) is 7.70. The number of hydrogen-bond acceptors (Lipinski definition) is 3. The number of methoxy groups -OCH3 is 1. The molecule has 0 aliphatic carbocycles. The van der Waals surface area contributed by atoms with Crippen LogP contribution in [0.1, 0.15) is 6.42 Å². The van der Waals surface area contributed by atoms with E-state index in [0.717, 1.165) is 36.0 Å². The number of likely N-dealkylation sites (tertiary alicyclic amines) is 1. The van der Waals surface area contributed by atoms with Crippen LogP contribution in [0.2, 0.25) is 5.02 Å². The molecule has 1 heterocycles. The highest BCUT2D eigenvalue weighted by atomic mass is 35.5. The Labute approximate surface area is 123 Å². The van der Waals surface area contributed by atoms with E-state index in [1.165, 1.54) is 0 Å². The van der Waals surface area contributed by atoms with Crippen LogP contribution in [0.15, 0.2) is 29.2 Å². The maximum Gasteiger partial charge on any atom is 0.232 e. The van der Waals surface area contributed by atoms with E-state index in [9.17, 15) is 4.79 Å². The van der Waals surface area contributed by atoms with Crippen LogP contribution in [-0.2, 0) is 9.53 Å². The average Bonchev–Trinajstić information content (AvgIpc) is 2.87. The van der Waals surface area contributed by atoms with E-state index in [4.69, 9.17) is 16.3 Å². The summed E-state index contributed by atoms with van der Waals surface area (Å²) < 4.78 is 5.14. The Morgan fingerprint density at radius 3 is 2.89 bits per heavy atom. The van der Waals surface area contributed by atoms with Gasteiger partial charge in [0, 0.05) is 36.0 Å². The first kappa shape index (κ1) is 14.7. The van der Waals surface area contributed by atoms with Crippen LogP contribution in [0.3, 0.4) is 0 Å². The molecule has 0 unspecified atom stereocenters. The quantitative estimate of drug-likeness (QED) is 0.783. The lowest BCUT2D eigenvalue weighted by Gasteiger charge is -2.16. The zero-order valence-electron chi connectivity index (χ0n) is 11.0. The van der Waals surface area contributed by atoms with Crippen molar-refractivity contribution < 1.29 is 9.53 Å². The lowest BCUT2D eigenvalue weighted by atomic mass is 10.1. The third-order valence-electron chi connectivity index (χ3n) is 3.22. The van der Waals surface area contributed by atoms with Gasteiger partial charge in [0.25, 0.3) is 0 Å². The van der Waals surface area contributed by atoms with Crippen molar-refractivity contribution in [1.82, 2.24) is 4.90 Å². The Bertz CT molecular complexity index is 424. The van der Waals surface area contributed by atoms with Crippen LogP contribution in [0, 0.1) is 5.92 Å². The Hall–Kier alpha value is -0.710. The summed E-state index contributed by atoms with van der Waals surface area (Å²) in [6, 6.07) is 7.58. The Morgan fingerprint density at radius 2 is 2.21 bits per heavy atom. The molecular formula is C14H18ClNO2S. The summed E-state index contributed by atoms with van der Waals surface area (Å²) in [7, 11) is 1.71. The number of thioether (sulfide) groups is 1. The molecule has 0 saturated carbocycles. The van der Waals surface area contributed by atoms with Crippen molar-refractivity contribution in [3.8, 4) is 0 Å². The van der Waals surface area contributed by atoms with Gasteiger partial charge in [-0.3, -0.25) is 4.79 Å². The molecule has 1 saturated heterocycles. The summed E-state index contributed by atoms with van der Waals surface area (Å²) in [6.07, 6.45) is 1.05. The van der Waals surface area contributed by atoms with Crippen LogP contribution < -0.4 is 0 Å². The van der Waals surface area contributed by atoms with E-state index in [2.05, 4.69) is 0 Å². The largest absolute Gasteiger partial charge is 0.384 e. The van der Waals surface area contributed by atoms with E-state index in [1.54, 1.807) is 18.9 Å². The number of rotatable bonds is 5. The van der Waals surface area contributed by atoms with Crippen LogP contribution in [-0.4, -0.2) is 43.4 Å². The van der Waals surface area contributed by atoms with Crippen molar-refractivity contribution in [2.24, 2.45) is 5.92 Å². The highest BCUT2D eigenvalue weighted by Gasteiger charge is 2.25. The molecule has 0 N–H and O–H groups in total. The number of hydrogen-bond donors (Lipinski definition) is 0. The number of halogens is 1. The van der Waals surface area contributed by atoms with Gasteiger partial charge in [-0.2, -0.15) is 0 Å². The van der Waals surface area contributed by atoms with Gasteiger partial charge >= 0.3 is 0 Å². The van der Waals surface area contributed by atoms with E-state index >= 15 is 0 Å². The van der Waals surface area contributed by atoms with E-state index < -0.39 is 0 Å². The van der Waals surface area contributed by atoms with Gasteiger partial charge in [0.1, 0.15) is 0 Å². The zero-order valence-corrected chi connectivity index (χ0v) is 12.5. The second-order valence-corrected chi connectivity index (χ2v) is 6.18. The molecule has 1 aliphatic heterocycles. The molecule has 1 amide bonds. The maximum atomic E-state index is 12.1. The second kappa shape index (κ2) is 7.17. The summed E-state index contributed by atoms with van der Waals surface area (Å²) in [5.74, 6) is 1.19. The van der Waals surface area contributed by atoms with Gasteiger partial charge in [-0.25, -0.2) is 0 Å². The van der Waals surface area contributed by atoms with Crippen molar-refractivity contribution in [1.29, 1.82) is 0 Å². The number of carbonyl (C=O) groups excluding carboxylic acids is 1. The van der Waals surface area contributed by atoms with Gasteiger partial charge < -0.3 is 9.64 Å². The fourth-order valence-electron chi connectivity index (χ4n) is 2.20. The minimum absolute atomic E-state index is 0.207. The summed E-state index contributed by atoms with van der Waals surface area (Å²) >= 11 is 7.39. The average molecular weight is 300 g/mol. The van der Waals surface area contributed by atoms with Crippen LogP contribution >= 0.6 is 23.4 Å². The van der Waals surface area contributed by atoms with Crippen molar-refractivity contribution >= 4 is 29.3 Å². The van der Waals surface area contributed by atoms with Crippen molar-refractivity contribution in [3.63, 3.8) is 0 Å². The van der Waals surface area contributed by atoms with Crippen LogP contribution in [0.25, 0.3) is 0 Å². The Morgan fingerprint density at radius 1 is 1.47 bits per heavy atom. The molecule has 0 spiro atoms. The third-order valence-corrected chi connectivity index (χ3v) is 4.47. The van der Waals surface area contributed by atoms with Crippen LogP contribution in [0.4, 0.5) is 0 Å². The SMILES string of the molecule is COC[C@@H]1CCN(C(=O)CSc2ccc(Cl)cc2)C1. The summed E-state index contributed by atoms with van der Waals surface area (Å²) in [5, 5.41) is 0.720. The van der Waals surface area contributed by atoms with Crippen molar-refractivity contribution in [2.45, 2.75) is 11.3 Å². The predicted octanol–water partition coefficient (Wildman–Crippen LogP) is 2.93. The third kappa shape index (κ3) is 4.41. The fourth-order valence-corrected chi connectivity index (χ4v) is 3.13. The van der Waals surface area contributed by atoms with Gasteiger partial charge in [-0.05, 0) is 30.7 Å². The lowest BCUT2D eigenvalue weighted by molar-refractivity contribution is -0.127. The molecule has 1 atom stereocenters. The summed E-state index contributed by atoms with van der Waals surface area (Å²) in [6.45, 7) is 2.43. The first-order valence-electron chi connectivity index (χ1n) is 6.34. The first-order chi connectivity index (χ1) is 9.19. The maximum absolute atomic E-state index is 12.1. The van der Waals surface area contributed by atoms with Crippen LogP contribution in [0.5, 0.6) is 0 Å². The van der Waals surface area contributed by atoms with Crippen molar-refractivity contribution in [3.05, 3.63) is 29.3 Å². The van der Waals surface area contributed by atoms with E-state index in [1.807, 2.05) is 29.2 Å². The fraction of sp³-hybridized carbons (Fsp3) is 0.500. The molecule has 0 bridgehead atoms. The van der Waals surface area contributed by atoms with Crippen molar-refractivity contribution in [2.75, 3.05) is 32.6 Å². The topological polar surface area (TPSA) is 29.5 Å². The highest BCUT2D eigenvalue weighted by molar-refractivity contribution is 8.00. The molecule has 19 heavy (non-hydrogen) atoms. The van der Waals surface area contributed by atoms with E-state index in [0.29, 0.717) is 11.7 Å².